The van der Waals surface area contributed by atoms with Crippen LogP contribution in [0.3, 0.4) is 0 Å². The highest BCUT2D eigenvalue weighted by Crippen LogP contribution is 2.11. The van der Waals surface area contributed by atoms with E-state index in [1.165, 1.54) is 11.1 Å². The van der Waals surface area contributed by atoms with Gasteiger partial charge < -0.3 is 10.4 Å². The molecule has 0 radical (unpaired) electrons. The lowest BCUT2D eigenvalue weighted by Crippen LogP contribution is -2.61. The van der Waals surface area contributed by atoms with E-state index in [9.17, 15) is 5.11 Å². The van der Waals surface area contributed by atoms with Gasteiger partial charge in [0.15, 0.2) is 6.33 Å². The number of tetrazole rings is 1. The van der Waals surface area contributed by atoms with Crippen molar-refractivity contribution < 1.29 is 5.11 Å². The Hall–Kier alpha value is -1.01. The Balaban J connectivity index is 2.00. The van der Waals surface area contributed by atoms with Crippen molar-refractivity contribution in [2.75, 3.05) is 13.1 Å². The summed E-state index contributed by atoms with van der Waals surface area (Å²) >= 11 is 0. The predicted octanol–water partition coefficient (Wildman–Crippen LogP) is -1.99. The minimum absolute atomic E-state index is 0.417. The molecule has 1 saturated heterocycles. The van der Waals surface area contributed by atoms with Crippen LogP contribution in [0.1, 0.15) is 0 Å². The third-order valence-electron chi connectivity index (χ3n) is 1.74. The summed E-state index contributed by atoms with van der Waals surface area (Å²) in [6, 6.07) is 0. The fourth-order valence-corrected chi connectivity index (χ4v) is 1.05. The van der Waals surface area contributed by atoms with Gasteiger partial charge in [-0.3, -0.25) is 0 Å². The summed E-state index contributed by atoms with van der Waals surface area (Å²) in [6.07, 6.45) is 1.36. The van der Waals surface area contributed by atoms with Crippen molar-refractivity contribution in [2.45, 2.75) is 12.1 Å². The summed E-state index contributed by atoms with van der Waals surface area (Å²) in [5, 5.41) is 23.5. The van der Waals surface area contributed by atoms with E-state index in [-0.39, 0.29) is 0 Å². The molecule has 1 fully saturated rings. The molecular weight excluding hydrogens is 146 g/mol. The van der Waals surface area contributed by atoms with E-state index in [2.05, 4.69) is 20.7 Å². The Morgan fingerprint density at radius 3 is 2.91 bits per heavy atom. The van der Waals surface area contributed by atoms with Crippen molar-refractivity contribution in [1.29, 1.82) is 0 Å². The molecule has 0 saturated carbocycles. The highest BCUT2D eigenvalue weighted by Gasteiger charge is 2.35. The first-order valence-corrected chi connectivity index (χ1v) is 3.42. The first kappa shape index (κ1) is 6.68. The first-order valence-electron chi connectivity index (χ1n) is 3.42. The molecule has 0 bridgehead atoms. The lowest BCUT2D eigenvalue weighted by molar-refractivity contribution is -0.0308. The van der Waals surface area contributed by atoms with Crippen LogP contribution in [-0.2, 0) is 6.54 Å². The molecule has 1 aliphatic heterocycles. The van der Waals surface area contributed by atoms with E-state index in [0.29, 0.717) is 19.6 Å². The van der Waals surface area contributed by atoms with Crippen molar-refractivity contribution in [2.24, 2.45) is 0 Å². The van der Waals surface area contributed by atoms with Crippen LogP contribution in [0.25, 0.3) is 0 Å². The smallest absolute Gasteiger partial charge is 0.162 e. The highest BCUT2D eigenvalue weighted by atomic mass is 16.3. The maximum absolute atomic E-state index is 9.59. The average molecular weight is 155 g/mol. The van der Waals surface area contributed by atoms with Crippen LogP contribution >= 0.6 is 0 Å². The van der Waals surface area contributed by atoms with Gasteiger partial charge in [-0.25, -0.2) is 0 Å². The van der Waals surface area contributed by atoms with Crippen LogP contribution < -0.4 is 5.32 Å². The predicted molar refractivity (Wildman–Crippen MR) is 35.6 cm³/mol. The molecule has 6 heteroatoms. The van der Waals surface area contributed by atoms with E-state index < -0.39 is 5.60 Å². The van der Waals surface area contributed by atoms with Crippen LogP contribution in [-0.4, -0.2) is 44.0 Å². The molecule has 0 spiro atoms. The van der Waals surface area contributed by atoms with Gasteiger partial charge in [0.2, 0.25) is 0 Å². The van der Waals surface area contributed by atoms with Gasteiger partial charge in [-0.2, -0.15) is 4.80 Å². The van der Waals surface area contributed by atoms with E-state index in [4.69, 9.17) is 0 Å². The summed E-state index contributed by atoms with van der Waals surface area (Å²) in [5.41, 5.74) is -0.666. The highest BCUT2D eigenvalue weighted by molar-refractivity contribution is 4.91. The third-order valence-corrected chi connectivity index (χ3v) is 1.74. The molecule has 2 N–H and O–H groups in total. The fourth-order valence-electron chi connectivity index (χ4n) is 1.05. The van der Waals surface area contributed by atoms with Gasteiger partial charge in [-0.1, -0.05) is 0 Å². The van der Waals surface area contributed by atoms with Crippen molar-refractivity contribution in [3.05, 3.63) is 6.33 Å². The second-order valence-corrected chi connectivity index (χ2v) is 2.79. The summed E-state index contributed by atoms with van der Waals surface area (Å²) in [5.74, 6) is 0. The SMILES string of the molecule is OC1(Cn2ncnn2)CNC1. The Kier molecular flexibility index (Phi) is 1.36. The van der Waals surface area contributed by atoms with Crippen LogP contribution in [0.4, 0.5) is 0 Å². The largest absolute Gasteiger partial charge is 0.385 e. The lowest BCUT2D eigenvalue weighted by atomic mass is 9.98. The van der Waals surface area contributed by atoms with Gasteiger partial charge in [-0.05, 0) is 5.21 Å². The van der Waals surface area contributed by atoms with Gasteiger partial charge in [0.25, 0.3) is 0 Å². The Morgan fingerprint density at radius 1 is 1.64 bits per heavy atom. The van der Waals surface area contributed by atoms with Gasteiger partial charge in [0, 0.05) is 13.1 Å². The Bertz CT molecular complexity index is 229. The van der Waals surface area contributed by atoms with Crippen LogP contribution in [0.15, 0.2) is 6.33 Å². The van der Waals surface area contributed by atoms with E-state index >= 15 is 0 Å². The molecule has 6 nitrogen and oxygen atoms in total. The number of nitrogens with one attached hydrogen (secondary N) is 1. The van der Waals surface area contributed by atoms with Crippen LogP contribution in [0, 0.1) is 0 Å². The monoisotopic (exact) mass is 155 g/mol. The number of rotatable bonds is 2. The molecule has 0 aliphatic carbocycles. The average Bonchev–Trinajstić information content (AvgIpc) is 2.36. The minimum atomic E-state index is -0.666. The van der Waals surface area contributed by atoms with Crippen molar-refractivity contribution >= 4 is 0 Å². The molecule has 1 aromatic rings. The molecule has 0 unspecified atom stereocenters. The van der Waals surface area contributed by atoms with Gasteiger partial charge >= 0.3 is 0 Å². The standard InChI is InChI=1S/C5H9N5O/c11-5(1-6-2-5)3-10-8-4-7-9-10/h4,6,11H,1-3H2. The molecule has 0 amide bonds. The zero-order valence-corrected chi connectivity index (χ0v) is 5.93. The third kappa shape index (κ3) is 1.22. The van der Waals surface area contributed by atoms with Crippen molar-refractivity contribution in [1.82, 2.24) is 25.5 Å². The number of hydrogen-bond donors (Lipinski definition) is 2. The van der Waals surface area contributed by atoms with E-state index in [1.54, 1.807) is 0 Å². The second-order valence-electron chi connectivity index (χ2n) is 2.79. The number of aromatic nitrogens is 4. The molecule has 1 aliphatic rings. The molecular formula is C5H9N5O. The quantitative estimate of drug-likeness (QED) is 0.517. The number of aliphatic hydroxyl groups is 1. The number of nitrogens with zero attached hydrogens (tertiary/aromatic N) is 4. The van der Waals surface area contributed by atoms with Gasteiger partial charge in [0.05, 0.1) is 6.54 Å². The van der Waals surface area contributed by atoms with E-state index in [1.807, 2.05) is 0 Å². The maximum atomic E-state index is 9.59. The molecule has 1 aromatic heterocycles. The van der Waals surface area contributed by atoms with Crippen molar-refractivity contribution in [3.63, 3.8) is 0 Å². The summed E-state index contributed by atoms with van der Waals surface area (Å²) in [6.45, 7) is 1.63. The fraction of sp³-hybridized carbons (Fsp3) is 0.800. The summed E-state index contributed by atoms with van der Waals surface area (Å²) in [4.78, 5) is 1.39. The van der Waals surface area contributed by atoms with Gasteiger partial charge in [-0.15, -0.1) is 10.2 Å². The van der Waals surface area contributed by atoms with E-state index in [0.717, 1.165) is 0 Å². The molecule has 0 atom stereocenters. The van der Waals surface area contributed by atoms with Crippen molar-refractivity contribution in [3.8, 4) is 0 Å². The van der Waals surface area contributed by atoms with Gasteiger partial charge in [0.1, 0.15) is 5.60 Å². The molecule has 11 heavy (non-hydrogen) atoms. The number of hydrogen-bond acceptors (Lipinski definition) is 5. The summed E-state index contributed by atoms with van der Waals surface area (Å²) < 4.78 is 0. The first-order chi connectivity index (χ1) is 5.29. The zero-order valence-electron chi connectivity index (χ0n) is 5.93. The minimum Gasteiger partial charge on any atom is -0.385 e. The lowest BCUT2D eigenvalue weighted by Gasteiger charge is -2.36. The molecule has 2 rings (SSSR count). The van der Waals surface area contributed by atoms with Crippen LogP contribution in [0.2, 0.25) is 0 Å². The molecule has 2 heterocycles. The Labute approximate surface area is 63.2 Å². The Morgan fingerprint density at radius 2 is 2.45 bits per heavy atom. The molecule has 60 valence electrons. The topological polar surface area (TPSA) is 75.9 Å². The normalized spacial score (nSPS) is 21.2. The number of β-amino-alcohol motifs (C(OH)–C–C–N with tert-alkyl or cyclic N) is 1. The maximum Gasteiger partial charge on any atom is 0.162 e. The zero-order chi connectivity index (χ0) is 7.73. The molecule has 0 aromatic carbocycles. The summed E-state index contributed by atoms with van der Waals surface area (Å²) in [7, 11) is 0. The second kappa shape index (κ2) is 2.24. The van der Waals surface area contributed by atoms with Crippen LogP contribution in [0.5, 0.6) is 0 Å².